The van der Waals surface area contributed by atoms with Gasteiger partial charge in [0.2, 0.25) is 0 Å². The van der Waals surface area contributed by atoms with Crippen LogP contribution in [0.4, 0.5) is 5.69 Å². The third-order valence-electron chi connectivity index (χ3n) is 3.72. The predicted molar refractivity (Wildman–Crippen MR) is 74.5 cm³/mol. The molecule has 2 aliphatic carbocycles. The molecule has 0 aliphatic heterocycles. The first-order valence-electron chi connectivity index (χ1n) is 6.72. The number of hydrogen-bond donors (Lipinski definition) is 1. The van der Waals surface area contributed by atoms with Gasteiger partial charge in [-0.3, -0.25) is 15.1 Å². The number of carbonyl (C=O) groups is 1. The molecule has 98 valence electrons. The normalized spacial score (nSPS) is 25.7. The van der Waals surface area contributed by atoms with Gasteiger partial charge in [0.05, 0.1) is 5.69 Å². The molecule has 1 aromatic rings. The van der Waals surface area contributed by atoms with E-state index >= 15 is 0 Å². The Morgan fingerprint density at radius 3 is 2.84 bits per heavy atom. The van der Waals surface area contributed by atoms with Gasteiger partial charge in [0.25, 0.3) is 0 Å². The summed E-state index contributed by atoms with van der Waals surface area (Å²) in [5.74, 6) is 0.526. The maximum Gasteiger partial charge on any atom is 0.190 e. The molecule has 1 N–H and O–H groups in total. The van der Waals surface area contributed by atoms with Crippen LogP contribution in [0.2, 0.25) is 0 Å². The second-order valence-corrected chi connectivity index (χ2v) is 5.00. The number of rotatable bonds is 3. The van der Waals surface area contributed by atoms with Crippen LogP contribution in [0.3, 0.4) is 0 Å². The van der Waals surface area contributed by atoms with Crippen LogP contribution in [-0.4, -0.2) is 11.9 Å². The van der Waals surface area contributed by atoms with Gasteiger partial charge in [-0.05, 0) is 37.3 Å². The molecule has 3 nitrogen and oxygen atoms in total. The maximum absolute atomic E-state index is 12.3. The topological polar surface area (TPSA) is 38.3 Å². The lowest BCUT2D eigenvalue weighted by Gasteiger charge is -2.30. The highest BCUT2D eigenvalue weighted by Gasteiger charge is 2.34. The number of nitrogens with one attached hydrogen (secondary N) is 1. The number of carbonyl (C=O) groups excluding carboxylic acids is 1. The first kappa shape index (κ1) is 12.2. The Labute approximate surface area is 112 Å². The highest BCUT2D eigenvalue weighted by atomic mass is 16.7. The molecule has 19 heavy (non-hydrogen) atoms. The van der Waals surface area contributed by atoms with Crippen molar-refractivity contribution in [3.05, 3.63) is 54.1 Å². The summed E-state index contributed by atoms with van der Waals surface area (Å²) in [6, 6.07) is 9.63. The minimum atomic E-state index is -0.366. The molecule has 1 fully saturated rings. The van der Waals surface area contributed by atoms with E-state index in [1.165, 1.54) is 0 Å². The summed E-state index contributed by atoms with van der Waals surface area (Å²) in [6.45, 7) is 0. The van der Waals surface area contributed by atoms with Crippen LogP contribution in [0.15, 0.2) is 54.1 Å². The van der Waals surface area contributed by atoms with E-state index in [9.17, 15) is 4.79 Å². The van der Waals surface area contributed by atoms with Gasteiger partial charge < -0.3 is 0 Å². The van der Waals surface area contributed by atoms with Gasteiger partial charge in [0.15, 0.2) is 5.78 Å². The molecule has 0 bridgehead atoms. The van der Waals surface area contributed by atoms with Gasteiger partial charge in [-0.25, -0.2) is 0 Å². The maximum atomic E-state index is 12.3. The average Bonchev–Trinajstić information content (AvgIpc) is 2.48. The van der Waals surface area contributed by atoms with Crippen LogP contribution >= 0.6 is 0 Å². The first-order valence-corrected chi connectivity index (χ1v) is 6.72. The van der Waals surface area contributed by atoms with E-state index in [4.69, 9.17) is 4.84 Å². The minimum absolute atomic E-state index is 0.129. The molecule has 0 radical (unpaired) electrons. The number of allylic oxidation sites excluding steroid dienone is 3. The molecule has 0 aromatic heterocycles. The largest absolute Gasteiger partial charge is 0.291 e. The second-order valence-electron chi connectivity index (χ2n) is 5.00. The lowest BCUT2D eigenvalue weighted by Crippen LogP contribution is -2.35. The van der Waals surface area contributed by atoms with Crippen LogP contribution < -0.4 is 5.48 Å². The molecular weight excluding hydrogens is 238 g/mol. The van der Waals surface area contributed by atoms with Crippen molar-refractivity contribution in [1.29, 1.82) is 0 Å². The van der Waals surface area contributed by atoms with Crippen LogP contribution in [-0.2, 0) is 9.63 Å². The zero-order chi connectivity index (χ0) is 13.1. The van der Waals surface area contributed by atoms with Crippen LogP contribution in [0.25, 0.3) is 0 Å². The van der Waals surface area contributed by atoms with Crippen molar-refractivity contribution < 1.29 is 9.63 Å². The summed E-state index contributed by atoms with van der Waals surface area (Å²) in [5.41, 5.74) is 4.67. The quantitative estimate of drug-likeness (QED) is 0.842. The molecule has 1 saturated carbocycles. The van der Waals surface area contributed by atoms with Crippen LogP contribution in [0.5, 0.6) is 0 Å². The Morgan fingerprint density at radius 2 is 2.00 bits per heavy atom. The molecule has 3 heteroatoms. The van der Waals surface area contributed by atoms with Crippen molar-refractivity contribution in [2.24, 2.45) is 5.92 Å². The molecule has 1 aromatic carbocycles. The zero-order valence-electron chi connectivity index (χ0n) is 10.7. The summed E-state index contributed by atoms with van der Waals surface area (Å²) < 4.78 is 0. The number of para-hydroxylation sites is 1. The summed E-state index contributed by atoms with van der Waals surface area (Å²) in [4.78, 5) is 17.9. The Morgan fingerprint density at radius 1 is 1.16 bits per heavy atom. The highest BCUT2D eigenvalue weighted by molar-refractivity contribution is 6.00. The van der Waals surface area contributed by atoms with Gasteiger partial charge in [0, 0.05) is 5.57 Å². The Balaban J connectivity index is 1.64. The van der Waals surface area contributed by atoms with Crippen LogP contribution in [0, 0.1) is 5.92 Å². The van der Waals surface area contributed by atoms with Crippen molar-refractivity contribution in [3.8, 4) is 0 Å². The number of anilines is 1. The van der Waals surface area contributed by atoms with E-state index in [1.54, 1.807) is 0 Å². The number of ketones is 1. The number of benzene rings is 1. The molecule has 3 rings (SSSR count). The van der Waals surface area contributed by atoms with E-state index in [-0.39, 0.29) is 11.9 Å². The molecule has 2 aliphatic rings. The van der Waals surface area contributed by atoms with Crippen molar-refractivity contribution in [1.82, 2.24) is 0 Å². The number of hydrogen-bond acceptors (Lipinski definition) is 3. The Kier molecular flexibility index (Phi) is 3.47. The molecule has 2 unspecified atom stereocenters. The summed E-state index contributed by atoms with van der Waals surface area (Å²) in [7, 11) is 0. The SMILES string of the molecule is O=C1C2=CC=CCC2CCC1ONc1ccccc1. The lowest BCUT2D eigenvalue weighted by atomic mass is 9.78. The van der Waals surface area contributed by atoms with E-state index < -0.39 is 0 Å². The van der Waals surface area contributed by atoms with E-state index in [0.29, 0.717) is 5.92 Å². The van der Waals surface area contributed by atoms with Gasteiger partial charge in [-0.15, -0.1) is 0 Å². The monoisotopic (exact) mass is 255 g/mol. The van der Waals surface area contributed by atoms with Crippen molar-refractivity contribution in [2.75, 3.05) is 5.48 Å². The van der Waals surface area contributed by atoms with Gasteiger partial charge >= 0.3 is 0 Å². The molecule has 0 amide bonds. The molecular formula is C16H17NO2. The van der Waals surface area contributed by atoms with Crippen molar-refractivity contribution in [2.45, 2.75) is 25.4 Å². The predicted octanol–water partition coefficient (Wildman–Crippen LogP) is 3.26. The number of fused-ring (bicyclic) bond motifs is 1. The van der Waals surface area contributed by atoms with Crippen molar-refractivity contribution >= 4 is 11.5 Å². The Hall–Kier alpha value is -1.87. The highest BCUT2D eigenvalue weighted by Crippen LogP contribution is 2.33. The smallest absolute Gasteiger partial charge is 0.190 e. The van der Waals surface area contributed by atoms with E-state index in [0.717, 1.165) is 30.5 Å². The summed E-state index contributed by atoms with van der Waals surface area (Å²) in [5, 5.41) is 0. The van der Waals surface area contributed by atoms with Gasteiger partial charge in [0.1, 0.15) is 6.10 Å². The standard InChI is InChI=1S/C16H17NO2/c18-16-14-9-5-4-6-12(14)10-11-15(16)19-17-13-7-2-1-3-8-13/h1-5,7-9,12,15,17H,6,10-11H2. The first-order chi connectivity index (χ1) is 9.34. The van der Waals surface area contributed by atoms with E-state index in [1.807, 2.05) is 42.5 Å². The van der Waals surface area contributed by atoms with Gasteiger partial charge in [-0.2, -0.15) is 0 Å². The molecule has 0 heterocycles. The van der Waals surface area contributed by atoms with Gasteiger partial charge in [-0.1, -0.05) is 36.4 Å². The van der Waals surface area contributed by atoms with E-state index in [2.05, 4.69) is 11.6 Å². The van der Waals surface area contributed by atoms with Crippen molar-refractivity contribution in [3.63, 3.8) is 0 Å². The third-order valence-corrected chi connectivity index (χ3v) is 3.72. The Bertz CT molecular complexity index is 519. The summed E-state index contributed by atoms with van der Waals surface area (Å²) >= 11 is 0. The van der Waals surface area contributed by atoms with Crippen LogP contribution in [0.1, 0.15) is 19.3 Å². The average molecular weight is 255 g/mol. The fourth-order valence-electron chi connectivity index (χ4n) is 2.66. The zero-order valence-corrected chi connectivity index (χ0v) is 10.7. The minimum Gasteiger partial charge on any atom is -0.291 e. The third kappa shape index (κ3) is 2.61. The number of Topliss-reactive ketones (excluding diaryl/α,β-unsaturated/α-hetero) is 1. The second kappa shape index (κ2) is 5.41. The molecule has 0 spiro atoms. The molecule has 2 atom stereocenters. The lowest BCUT2D eigenvalue weighted by molar-refractivity contribution is -0.127. The molecule has 0 saturated heterocycles. The fourth-order valence-corrected chi connectivity index (χ4v) is 2.66. The fraction of sp³-hybridized carbons (Fsp3) is 0.312. The summed E-state index contributed by atoms with van der Waals surface area (Å²) in [6.07, 6.45) is 8.46.